The molecule has 332 valence electrons. The second-order valence-corrected chi connectivity index (χ2v) is 18.3. The smallest absolute Gasteiger partial charge is 0.165 e. The number of hydrogen-bond donors (Lipinski definition) is 0. The summed E-state index contributed by atoms with van der Waals surface area (Å²) in [5, 5.41) is 8.99. The second kappa shape index (κ2) is 15.2. The minimum atomic E-state index is 0.586. The molecule has 0 fully saturated rings. The van der Waals surface area contributed by atoms with Crippen molar-refractivity contribution in [2.75, 3.05) is 0 Å². The molecule has 0 unspecified atom stereocenters. The number of aromatic nitrogens is 6. The number of fused-ring (bicyclic) bond motifs is 15. The first-order valence-electron chi connectivity index (χ1n) is 24.0. The van der Waals surface area contributed by atoms with Crippen LogP contribution in [0.5, 0.6) is 0 Å². The molecular formula is C64H40N6O. The molecule has 0 aliphatic rings. The van der Waals surface area contributed by atoms with Gasteiger partial charge in [0.1, 0.15) is 5.58 Å². The molecule has 0 saturated heterocycles. The minimum absolute atomic E-state index is 0.586. The van der Waals surface area contributed by atoms with Crippen LogP contribution in [0.2, 0.25) is 0 Å². The lowest BCUT2D eigenvalue weighted by Gasteiger charge is -2.16. The van der Waals surface area contributed by atoms with Gasteiger partial charge in [-0.3, -0.25) is 0 Å². The van der Waals surface area contributed by atoms with Gasteiger partial charge in [0.05, 0.1) is 38.8 Å². The molecule has 0 N–H and O–H groups in total. The first-order valence-corrected chi connectivity index (χ1v) is 24.0. The van der Waals surface area contributed by atoms with E-state index >= 15 is 0 Å². The standard InChI is InChI=1S/C64H40N6O/c1-39-38-51(61-54(47-33-17-21-37-52(47)71-61)53(39)64-66-62(40-22-6-2-7-23-40)65-63(67-64)41-24-8-3-9-25-41)70-50-36-20-16-32-46(50)57-59-55(44-30-14-18-34-48(44)68(59)42-26-10-4-11-27-42)58-56(60(57)70)45-31-15-19-35-49(45)69(58)43-28-12-5-13-29-43/h2-38H,1H3. The summed E-state index contributed by atoms with van der Waals surface area (Å²) in [6, 6.07) is 79.3. The summed E-state index contributed by atoms with van der Waals surface area (Å²) in [4.78, 5) is 15.7. The zero-order chi connectivity index (χ0) is 46.7. The third kappa shape index (κ3) is 5.68. The fraction of sp³-hybridized carbons (Fsp3) is 0.0156. The fourth-order valence-electron chi connectivity index (χ4n) is 11.5. The van der Waals surface area contributed by atoms with Crippen LogP contribution in [0.4, 0.5) is 0 Å². The van der Waals surface area contributed by atoms with Crippen molar-refractivity contribution in [3.05, 3.63) is 230 Å². The maximum absolute atomic E-state index is 7.25. The van der Waals surface area contributed by atoms with Gasteiger partial charge in [-0.15, -0.1) is 0 Å². The van der Waals surface area contributed by atoms with E-state index < -0.39 is 0 Å². The average molecular weight is 909 g/mol. The van der Waals surface area contributed by atoms with E-state index in [2.05, 4.69) is 203 Å². The quantitative estimate of drug-likeness (QED) is 0.167. The van der Waals surface area contributed by atoms with Crippen LogP contribution in [0.15, 0.2) is 229 Å². The van der Waals surface area contributed by atoms with Crippen molar-refractivity contribution in [2.45, 2.75) is 6.92 Å². The topological polar surface area (TPSA) is 66.6 Å². The first-order chi connectivity index (χ1) is 35.2. The van der Waals surface area contributed by atoms with Crippen LogP contribution in [-0.4, -0.2) is 28.7 Å². The first kappa shape index (κ1) is 39.4. The van der Waals surface area contributed by atoms with E-state index in [1.165, 1.54) is 26.9 Å². The van der Waals surface area contributed by atoms with Crippen LogP contribution >= 0.6 is 0 Å². The Bertz CT molecular complexity index is 4500. The molecule has 10 aromatic carbocycles. The number of para-hydroxylation sites is 6. The summed E-state index contributed by atoms with van der Waals surface area (Å²) in [6.07, 6.45) is 0. The highest BCUT2D eigenvalue weighted by molar-refractivity contribution is 6.40. The Balaban J connectivity index is 1.16. The molecule has 71 heavy (non-hydrogen) atoms. The van der Waals surface area contributed by atoms with Crippen molar-refractivity contribution >= 4 is 87.4 Å². The molecule has 7 heteroatoms. The Morgan fingerprint density at radius 3 is 1.23 bits per heavy atom. The van der Waals surface area contributed by atoms with Gasteiger partial charge in [-0.2, -0.15) is 0 Å². The Kier molecular flexibility index (Phi) is 8.44. The number of nitrogens with zero attached hydrogens (tertiary/aromatic N) is 6. The molecule has 0 amide bonds. The maximum atomic E-state index is 7.25. The normalized spacial score (nSPS) is 12.0. The summed E-state index contributed by atoms with van der Waals surface area (Å²) in [7, 11) is 0. The zero-order valence-electron chi connectivity index (χ0n) is 38.5. The maximum Gasteiger partial charge on any atom is 0.165 e. The van der Waals surface area contributed by atoms with E-state index in [0.717, 1.165) is 99.7 Å². The van der Waals surface area contributed by atoms with Crippen LogP contribution in [0.3, 0.4) is 0 Å². The number of rotatable bonds is 6. The molecule has 15 aromatic rings. The molecule has 5 aromatic heterocycles. The van der Waals surface area contributed by atoms with E-state index in [-0.39, 0.29) is 0 Å². The fourth-order valence-corrected chi connectivity index (χ4v) is 11.5. The van der Waals surface area contributed by atoms with E-state index in [4.69, 9.17) is 19.4 Å². The predicted octanol–water partition coefficient (Wildman–Crippen LogP) is 16.4. The summed E-state index contributed by atoms with van der Waals surface area (Å²) < 4.78 is 14.7. The molecular weight excluding hydrogens is 869 g/mol. The van der Waals surface area contributed by atoms with Gasteiger partial charge in [0, 0.05) is 71.2 Å². The largest absolute Gasteiger partial charge is 0.454 e. The molecule has 0 aliphatic heterocycles. The average Bonchev–Trinajstić information content (AvgIpc) is 4.19. The number of aryl methyl sites for hydroxylation is 1. The molecule has 0 spiro atoms. The van der Waals surface area contributed by atoms with Gasteiger partial charge in [0.25, 0.3) is 0 Å². The minimum Gasteiger partial charge on any atom is -0.454 e. The summed E-state index contributed by atoms with van der Waals surface area (Å²) in [5.41, 5.74) is 15.2. The Morgan fingerprint density at radius 1 is 0.352 bits per heavy atom. The lowest BCUT2D eigenvalue weighted by molar-refractivity contribution is 0.666. The highest BCUT2D eigenvalue weighted by Gasteiger charge is 2.31. The Morgan fingerprint density at radius 2 is 0.732 bits per heavy atom. The van der Waals surface area contributed by atoms with Gasteiger partial charge in [0.15, 0.2) is 23.1 Å². The van der Waals surface area contributed by atoms with Crippen LogP contribution in [0.25, 0.3) is 139 Å². The van der Waals surface area contributed by atoms with Crippen molar-refractivity contribution in [2.24, 2.45) is 0 Å². The van der Waals surface area contributed by atoms with Gasteiger partial charge in [-0.25, -0.2) is 15.0 Å². The summed E-state index contributed by atoms with van der Waals surface area (Å²) >= 11 is 0. The lowest BCUT2D eigenvalue weighted by atomic mass is 9.98. The van der Waals surface area contributed by atoms with Crippen molar-refractivity contribution in [1.82, 2.24) is 28.7 Å². The van der Waals surface area contributed by atoms with Crippen LogP contribution in [0, 0.1) is 6.92 Å². The third-order valence-corrected chi connectivity index (χ3v) is 14.4. The van der Waals surface area contributed by atoms with Crippen LogP contribution in [-0.2, 0) is 0 Å². The van der Waals surface area contributed by atoms with E-state index in [1.54, 1.807) is 0 Å². The third-order valence-electron chi connectivity index (χ3n) is 14.4. The monoisotopic (exact) mass is 908 g/mol. The second-order valence-electron chi connectivity index (χ2n) is 18.3. The molecule has 0 aliphatic carbocycles. The van der Waals surface area contributed by atoms with Gasteiger partial charge < -0.3 is 18.1 Å². The van der Waals surface area contributed by atoms with Crippen molar-refractivity contribution in [1.29, 1.82) is 0 Å². The molecule has 7 nitrogen and oxygen atoms in total. The zero-order valence-corrected chi connectivity index (χ0v) is 38.5. The SMILES string of the molecule is Cc1cc(-n2c3ccccc3c3c4c(c5ccccc5n4-c4ccccc4)c4c(c5ccccc5n4-c4ccccc4)c32)c2oc3ccccc3c2c1-c1nc(-c2ccccc2)nc(-c2ccccc2)n1. The molecule has 0 radical (unpaired) electrons. The van der Waals surface area contributed by atoms with Gasteiger partial charge in [0.2, 0.25) is 0 Å². The van der Waals surface area contributed by atoms with Crippen LogP contribution in [0.1, 0.15) is 5.56 Å². The Hall–Kier alpha value is -9.59. The van der Waals surface area contributed by atoms with Crippen molar-refractivity contribution in [3.63, 3.8) is 0 Å². The van der Waals surface area contributed by atoms with Gasteiger partial charge >= 0.3 is 0 Å². The van der Waals surface area contributed by atoms with E-state index in [0.29, 0.717) is 17.5 Å². The molecule has 0 saturated carbocycles. The van der Waals surface area contributed by atoms with E-state index in [1.807, 2.05) is 42.5 Å². The van der Waals surface area contributed by atoms with Gasteiger partial charge in [-0.05, 0) is 67.1 Å². The lowest BCUT2D eigenvalue weighted by Crippen LogP contribution is -2.03. The van der Waals surface area contributed by atoms with Crippen LogP contribution < -0.4 is 0 Å². The van der Waals surface area contributed by atoms with Crippen molar-refractivity contribution < 1.29 is 4.42 Å². The number of hydrogen-bond acceptors (Lipinski definition) is 4. The molecule has 5 heterocycles. The highest BCUT2D eigenvalue weighted by Crippen LogP contribution is 2.52. The Labute approximate surface area is 406 Å². The molecule has 15 rings (SSSR count). The highest BCUT2D eigenvalue weighted by atomic mass is 16.3. The summed E-state index contributed by atoms with van der Waals surface area (Å²) in [5.74, 6) is 1.80. The van der Waals surface area contributed by atoms with Crippen molar-refractivity contribution in [3.8, 4) is 51.2 Å². The summed E-state index contributed by atoms with van der Waals surface area (Å²) in [6.45, 7) is 2.18. The molecule has 0 atom stereocenters. The predicted molar refractivity (Wildman–Crippen MR) is 291 cm³/mol. The van der Waals surface area contributed by atoms with E-state index in [9.17, 15) is 0 Å². The number of furan rings is 1. The van der Waals surface area contributed by atoms with Gasteiger partial charge in [-0.1, -0.05) is 170 Å². The molecule has 0 bridgehead atoms. The number of benzene rings is 10.